The highest BCUT2D eigenvalue weighted by molar-refractivity contribution is 9.10. The van der Waals surface area contributed by atoms with Gasteiger partial charge >= 0.3 is 0 Å². The Hall–Kier alpha value is -2.19. The van der Waals surface area contributed by atoms with E-state index in [0.717, 1.165) is 0 Å². The molecular formula is C13H8BrN3O. The van der Waals surface area contributed by atoms with Crippen molar-refractivity contribution in [3.05, 3.63) is 58.3 Å². The summed E-state index contributed by atoms with van der Waals surface area (Å²) in [7, 11) is 0. The Kier molecular flexibility index (Phi) is 3.70. The van der Waals surface area contributed by atoms with Crippen molar-refractivity contribution in [2.24, 2.45) is 0 Å². The molecule has 0 bridgehead atoms. The summed E-state index contributed by atoms with van der Waals surface area (Å²) < 4.78 is 0.701. The number of nitrogens with zero attached hydrogens (tertiary/aromatic N) is 2. The predicted octanol–water partition coefficient (Wildman–Crippen LogP) is 2.97. The van der Waals surface area contributed by atoms with Gasteiger partial charge in [-0.3, -0.25) is 4.79 Å². The van der Waals surface area contributed by atoms with Crippen LogP contribution in [0.5, 0.6) is 0 Å². The lowest BCUT2D eigenvalue weighted by Gasteiger charge is -2.04. The molecule has 0 aliphatic heterocycles. The molecule has 0 unspecified atom stereocenters. The second-order valence-corrected chi connectivity index (χ2v) is 4.33. The first kappa shape index (κ1) is 12.3. The molecule has 88 valence electrons. The minimum Gasteiger partial charge on any atom is -0.321 e. The number of amides is 1. The van der Waals surface area contributed by atoms with Gasteiger partial charge in [0.2, 0.25) is 0 Å². The Balaban J connectivity index is 2.17. The van der Waals surface area contributed by atoms with E-state index in [2.05, 4.69) is 26.2 Å². The zero-order valence-corrected chi connectivity index (χ0v) is 10.8. The Labute approximate surface area is 112 Å². The smallest absolute Gasteiger partial charge is 0.255 e. The molecule has 1 aromatic carbocycles. The first-order valence-electron chi connectivity index (χ1n) is 5.12. The summed E-state index contributed by atoms with van der Waals surface area (Å²) in [6.45, 7) is 0. The van der Waals surface area contributed by atoms with Crippen LogP contribution >= 0.6 is 15.9 Å². The maximum absolute atomic E-state index is 11.9. The van der Waals surface area contributed by atoms with E-state index in [9.17, 15) is 4.79 Å². The largest absolute Gasteiger partial charge is 0.321 e. The van der Waals surface area contributed by atoms with E-state index in [-0.39, 0.29) is 5.91 Å². The van der Waals surface area contributed by atoms with Crippen molar-refractivity contribution in [1.82, 2.24) is 4.98 Å². The van der Waals surface area contributed by atoms with Crippen LogP contribution in [0.4, 0.5) is 5.69 Å². The Morgan fingerprint density at radius 2 is 2.17 bits per heavy atom. The number of benzene rings is 1. The molecule has 2 aromatic rings. The molecule has 4 nitrogen and oxygen atoms in total. The van der Waals surface area contributed by atoms with E-state index >= 15 is 0 Å². The number of carbonyl (C=O) groups excluding carboxylic acids is 1. The molecule has 2 rings (SSSR count). The fourth-order valence-corrected chi connectivity index (χ4v) is 1.62. The monoisotopic (exact) mass is 301 g/mol. The van der Waals surface area contributed by atoms with Crippen LogP contribution in [0, 0.1) is 11.3 Å². The van der Waals surface area contributed by atoms with Crippen molar-refractivity contribution < 1.29 is 4.79 Å². The summed E-state index contributed by atoms with van der Waals surface area (Å²) in [6, 6.07) is 12.0. The van der Waals surface area contributed by atoms with Crippen LogP contribution in [-0.4, -0.2) is 10.9 Å². The quantitative estimate of drug-likeness (QED) is 0.867. The van der Waals surface area contributed by atoms with Crippen LogP contribution in [-0.2, 0) is 0 Å². The fraction of sp³-hybridized carbons (Fsp3) is 0. The number of carbonyl (C=O) groups is 1. The zero-order valence-electron chi connectivity index (χ0n) is 9.22. The molecular weight excluding hydrogens is 294 g/mol. The number of hydrogen-bond donors (Lipinski definition) is 1. The van der Waals surface area contributed by atoms with Gasteiger partial charge in [-0.25, -0.2) is 4.98 Å². The Bertz CT molecular complexity index is 617. The number of nitriles is 1. The lowest BCUT2D eigenvalue weighted by atomic mass is 10.1. The van der Waals surface area contributed by atoms with E-state index in [1.54, 1.807) is 42.6 Å². The number of rotatable bonds is 2. The first-order valence-corrected chi connectivity index (χ1v) is 5.91. The lowest BCUT2D eigenvalue weighted by molar-refractivity contribution is 0.102. The maximum atomic E-state index is 11.9. The summed E-state index contributed by atoms with van der Waals surface area (Å²) in [6.07, 6.45) is 1.55. The molecule has 1 N–H and O–H groups in total. The standard InChI is InChI=1S/C13H8BrN3O/c14-12-5-4-11(8-16-12)17-13(18)10-3-1-2-9(6-10)7-15/h1-6,8H,(H,17,18). The molecule has 5 heteroatoms. The van der Waals surface area contributed by atoms with Gasteiger partial charge in [-0.2, -0.15) is 5.26 Å². The third-order valence-corrected chi connectivity index (χ3v) is 2.71. The minimum atomic E-state index is -0.267. The zero-order chi connectivity index (χ0) is 13.0. The lowest BCUT2D eigenvalue weighted by Crippen LogP contribution is -2.12. The molecule has 0 saturated heterocycles. The predicted molar refractivity (Wildman–Crippen MR) is 71.0 cm³/mol. The Morgan fingerprint density at radius 1 is 1.33 bits per heavy atom. The number of pyridine rings is 1. The van der Waals surface area contributed by atoms with E-state index < -0.39 is 0 Å². The van der Waals surface area contributed by atoms with E-state index in [1.165, 1.54) is 0 Å². The highest BCUT2D eigenvalue weighted by Crippen LogP contribution is 2.12. The van der Waals surface area contributed by atoms with Gasteiger partial charge in [-0.1, -0.05) is 6.07 Å². The highest BCUT2D eigenvalue weighted by atomic mass is 79.9. The van der Waals surface area contributed by atoms with Crippen LogP contribution in [0.1, 0.15) is 15.9 Å². The third-order valence-electron chi connectivity index (χ3n) is 2.24. The molecule has 18 heavy (non-hydrogen) atoms. The van der Waals surface area contributed by atoms with E-state index in [0.29, 0.717) is 21.4 Å². The van der Waals surface area contributed by atoms with Gasteiger partial charge in [0, 0.05) is 5.56 Å². The highest BCUT2D eigenvalue weighted by Gasteiger charge is 2.06. The summed E-state index contributed by atoms with van der Waals surface area (Å²) in [5.74, 6) is -0.267. The van der Waals surface area contributed by atoms with Crippen molar-refractivity contribution >= 4 is 27.5 Å². The summed E-state index contributed by atoms with van der Waals surface area (Å²) in [4.78, 5) is 15.9. The molecule has 0 atom stereocenters. The summed E-state index contributed by atoms with van der Waals surface area (Å²) in [5.41, 5.74) is 1.50. The number of aromatic nitrogens is 1. The van der Waals surface area contributed by atoms with Crippen LogP contribution in [0.25, 0.3) is 0 Å². The summed E-state index contributed by atoms with van der Waals surface area (Å²) in [5, 5.41) is 11.5. The van der Waals surface area contributed by atoms with E-state index in [1.807, 2.05) is 6.07 Å². The Morgan fingerprint density at radius 3 is 2.83 bits per heavy atom. The minimum absolute atomic E-state index is 0.267. The first-order chi connectivity index (χ1) is 8.69. The molecule has 0 aliphatic carbocycles. The molecule has 1 aromatic heterocycles. The maximum Gasteiger partial charge on any atom is 0.255 e. The van der Waals surface area contributed by atoms with Gasteiger partial charge in [0.25, 0.3) is 5.91 Å². The second-order valence-electron chi connectivity index (χ2n) is 3.52. The number of anilines is 1. The number of halogens is 1. The van der Waals surface area contributed by atoms with Gasteiger partial charge in [0.05, 0.1) is 23.5 Å². The molecule has 0 fully saturated rings. The van der Waals surface area contributed by atoms with Gasteiger partial charge in [-0.05, 0) is 46.3 Å². The normalized spacial score (nSPS) is 9.56. The van der Waals surface area contributed by atoms with Crippen molar-refractivity contribution in [2.75, 3.05) is 5.32 Å². The molecule has 1 heterocycles. The molecule has 0 aliphatic rings. The molecule has 0 saturated carbocycles. The van der Waals surface area contributed by atoms with Gasteiger partial charge in [0.15, 0.2) is 0 Å². The van der Waals surface area contributed by atoms with Crippen molar-refractivity contribution in [2.45, 2.75) is 0 Å². The fourth-order valence-electron chi connectivity index (χ4n) is 1.38. The SMILES string of the molecule is N#Cc1cccc(C(=O)Nc2ccc(Br)nc2)c1. The van der Waals surface area contributed by atoms with Crippen molar-refractivity contribution in [3.8, 4) is 6.07 Å². The number of hydrogen-bond acceptors (Lipinski definition) is 3. The number of nitrogens with one attached hydrogen (secondary N) is 1. The van der Waals surface area contributed by atoms with Gasteiger partial charge < -0.3 is 5.32 Å². The average Bonchev–Trinajstić information content (AvgIpc) is 2.41. The van der Waals surface area contributed by atoms with Crippen LogP contribution in [0.15, 0.2) is 47.2 Å². The molecule has 0 spiro atoms. The molecule has 1 amide bonds. The van der Waals surface area contributed by atoms with Crippen molar-refractivity contribution in [3.63, 3.8) is 0 Å². The van der Waals surface area contributed by atoms with Crippen LogP contribution < -0.4 is 5.32 Å². The topological polar surface area (TPSA) is 65.8 Å². The van der Waals surface area contributed by atoms with Crippen molar-refractivity contribution in [1.29, 1.82) is 5.26 Å². The third kappa shape index (κ3) is 2.93. The van der Waals surface area contributed by atoms with Gasteiger partial charge in [-0.15, -0.1) is 0 Å². The van der Waals surface area contributed by atoms with Crippen LogP contribution in [0.3, 0.4) is 0 Å². The van der Waals surface area contributed by atoms with E-state index in [4.69, 9.17) is 5.26 Å². The van der Waals surface area contributed by atoms with Crippen LogP contribution in [0.2, 0.25) is 0 Å². The van der Waals surface area contributed by atoms with Gasteiger partial charge in [0.1, 0.15) is 4.60 Å². The average molecular weight is 302 g/mol. The summed E-state index contributed by atoms with van der Waals surface area (Å²) >= 11 is 3.22. The molecule has 0 radical (unpaired) electrons. The second kappa shape index (κ2) is 5.43.